The van der Waals surface area contributed by atoms with E-state index in [1.54, 1.807) is 12.1 Å². The predicted molar refractivity (Wildman–Crippen MR) is 112 cm³/mol. The Morgan fingerprint density at radius 2 is 1.80 bits per heavy atom. The van der Waals surface area contributed by atoms with Gasteiger partial charge in [-0.05, 0) is 43.9 Å². The van der Waals surface area contributed by atoms with Crippen molar-refractivity contribution in [3.63, 3.8) is 0 Å². The number of hydrogen-bond donors (Lipinski definition) is 1. The summed E-state index contributed by atoms with van der Waals surface area (Å²) >= 11 is 0. The Morgan fingerprint density at radius 1 is 1.10 bits per heavy atom. The summed E-state index contributed by atoms with van der Waals surface area (Å²) in [6.45, 7) is 2.12. The highest BCUT2D eigenvalue weighted by atomic mass is 32.2. The monoisotopic (exact) mass is 430 g/mol. The number of carbonyl (C=O) groups is 2. The summed E-state index contributed by atoms with van der Waals surface area (Å²) in [5, 5.41) is 2.70. The number of hydrogen-bond acceptors (Lipinski definition) is 5. The van der Waals surface area contributed by atoms with E-state index in [-0.39, 0.29) is 11.4 Å². The van der Waals surface area contributed by atoms with E-state index in [2.05, 4.69) is 5.32 Å². The second-order valence-corrected chi connectivity index (χ2v) is 9.17. The third kappa shape index (κ3) is 5.46. The molecule has 0 aliphatic carbocycles. The van der Waals surface area contributed by atoms with E-state index in [9.17, 15) is 18.0 Å². The van der Waals surface area contributed by atoms with E-state index in [0.717, 1.165) is 11.1 Å². The fourth-order valence-electron chi connectivity index (χ4n) is 3.38. The van der Waals surface area contributed by atoms with Gasteiger partial charge in [0.05, 0.1) is 4.90 Å². The van der Waals surface area contributed by atoms with E-state index < -0.39 is 34.5 Å². The van der Waals surface area contributed by atoms with Crippen LogP contribution in [0.15, 0.2) is 59.5 Å². The van der Waals surface area contributed by atoms with Crippen LogP contribution in [-0.4, -0.2) is 50.3 Å². The molecule has 0 bridgehead atoms. The van der Waals surface area contributed by atoms with Crippen molar-refractivity contribution in [3.05, 3.63) is 65.7 Å². The first-order valence-electron chi connectivity index (χ1n) is 9.94. The number of amides is 1. The first-order valence-corrected chi connectivity index (χ1v) is 11.4. The van der Waals surface area contributed by atoms with Crippen LogP contribution in [0.25, 0.3) is 0 Å². The molecule has 160 valence electrons. The number of esters is 1. The molecule has 0 aromatic heterocycles. The molecule has 30 heavy (non-hydrogen) atoms. The van der Waals surface area contributed by atoms with E-state index in [4.69, 9.17) is 4.74 Å². The Kier molecular flexibility index (Phi) is 7.23. The standard InChI is InChI=1S/C22H26N2O5S/c1-17-9-11-19(12-10-17)30(27,28)24-15-5-8-20(24)22(26)29-16-21(25)23-14-13-18-6-3-2-4-7-18/h2-4,6-7,9-12,20H,5,8,13-16H2,1H3,(H,23,25)/t20-/m0/s1. The molecule has 1 atom stereocenters. The lowest BCUT2D eigenvalue weighted by atomic mass is 10.1. The van der Waals surface area contributed by atoms with Crippen LogP contribution >= 0.6 is 0 Å². The fourth-order valence-corrected chi connectivity index (χ4v) is 5.03. The van der Waals surface area contributed by atoms with Crippen molar-refractivity contribution >= 4 is 21.9 Å². The summed E-state index contributed by atoms with van der Waals surface area (Å²) in [4.78, 5) is 24.6. The van der Waals surface area contributed by atoms with Crippen LogP contribution in [0.2, 0.25) is 0 Å². The van der Waals surface area contributed by atoms with Gasteiger partial charge in [0.25, 0.3) is 5.91 Å². The second kappa shape index (κ2) is 9.86. The SMILES string of the molecule is Cc1ccc(S(=O)(=O)N2CCC[C@H]2C(=O)OCC(=O)NCCc2ccccc2)cc1. The van der Waals surface area contributed by atoms with Gasteiger partial charge in [-0.1, -0.05) is 48.0 Å². The number of ether oxygens (including phenoxy) is 1. The van der Waals surface area contributed by atoms with E-state index in [1.807, 2.05) is 37.3 Å². The van der Waals surface area contributed by atoms with E-state index in [0.29, 0.717) is 25.8 Å². The molecule has 1 aliphatic rings. The van der Waals surface area contributed by atoms with Gasteiger partial charge in [-0.15, -0.1) is 0 Å². The van der Waals surface area contributed by atoms with Gasteiger partial charge in [-0.2, -0.15) is 4.31 Å². The highest BCUT2D eigenvalue weighted by Crippen LogP contribution is 2.27. The van der Waals surface area contributed by atoms with Crippen molar-refractivity contribution in [3.8, 4) is 0 Å². The van der Waals surface area contributed by atoms with Gasteiger partial charge in [0, 0.05) is 13.1 Å². The molecular weight excluding hydrogens is 404 g/mol. The average Bonchev–Trinajstić information content (AvgIpc) is 3.24. The Hall–Kier alpha value is -2.71. The smallest absolute Gasteiger partial charge is 0.324 e. The van der Waals surface area contributed by atoms with Gasteiger partial charge in [0.1, 0.15) is 6.04 Å². The summed E-state index contributed by atoms with van der Waals surface area (Å²) in [7, 11) is -3.80. The zero-order valence-corrected chi connectivity index (χ0v) is 17.7. The Labute approximate surface area is 177 Å². The lowest BCUT2D eigenvalue weighted by Gasteiger charge is -2.22. The van der Waals surface area contributed by atoms with Gasteiger partial charge in [0.2, 0.25) is 10.0 Å². The molecule has 1 heterocycles. The topological polar surface area (TPSA) is 92.8 Å². The molecule has 2 aromatic rings. The summed E-state index contributed by atoms with van der Waals surface area (Å²) in [5.41, 5.74) is 2.04. The number of sulfonamides is 1. The molecule has 0 spiro atoms. The summed E-state index contributed by atoms with van der Waals surface area (Å²) in [5.74, 6) is -1.10. The molecule has 0 unspecified atom stereocenters. The Balaban J connectivity index is 1.51. The maximum Gasteiger partial charge on any atom is 0.324 e. The zero-order valence-electron chi connectivity index (χ0n) is 16.9. The van der Waals surface area contributed by atoms with Crippen LogP contribution in [0, 0.1) is 6.92 Å². The predicted octanol–water partition coefficient (Wildman–Crippen LogP) is 2.05. The minimum Gasteiger partial charge on any atom is -0.454 e. The molecule has 7 nitrogen and oxygen atoms in total. The first kappa shape index (κ1) is 22.0. The Bertz CT molecular complexity index is 974. The number of nitrogens with zero attached hydrogens (tertiary/aromatic N) is 1. The van der Waals surface area contributed by atoms with E-state index in [1.165, 1.54) is 16.4 Å². The second-order valence-electron chi connectivity index (χ2n) is 7.28. The number of aryl methyl sites for hydroxylation is 1. The lowest BCUT2D eigenvalue weighted by Crippen LogP contribution is -2.42. The largest absolute Gasteiger partial charge is 0.454 e. The molecule has 1 amide bonds. The third-order valence-corrected chi connectivity index (χ3v) is 6.95. The fraction of sp³-hybridized carbons (Fsp3) is 0.364. The normalized spacial score (nSPS) is 16.9. The molecule has 2 aromatic carbocycles. The van der Waals surface area contributed by atoms with Gasteiger partial charge >= 0.3 is 5.97 Å². The molecule has 1 fully saturated rings. The summed E-state index contributed by atoms with van der Waals surface area (Å²) in [6, 6.07) is 15.3. The molecule has 0 radical (unpaired) electrons. The number of carbonyl (C=O) groups excluding carboxylic acids is 2. The minimum absolute atomic E-state index is 0.145. The molecule has 1 aliphatic heterocycles. The first-order chi connectivity index (χ1) is 14.4. The summed E-state index contributed by atoms with van der Waals surface area (Å²) < 4.78 is 32.1. The zero-order chi connectivity index (χ0) is 21.6. The Morgan fingerprint density at radius 3 is 2.50 bits per heavy atom. The van der Waals surface area contributed by atoms with Gasteiger partial charge in [0.15, 0.2) is 6.61 Å². The van der Waals surface area contributed by atoms with Gasteiger partial charge in [-0.3, -0.25) is 9.59 Å². The van der Waals surface area contributed by atoms with Gasteiger partial charge < -0.3 is 10.1 Å². The molecule has 8 heteroatoms. The molecule has 1 N–H and O–H groups in total. The number of rotatable bonds is 8. The van der Waals surface area contributed by atoms with Crippen molar-refractivity contribution in [2.45, 2.75) is 37.1 Å². The third-order valence-electron chi connectivity index (χ3n) is 5.03. The molecule has 0 saturated carbocycles. The van der Waals surface area contributed by atoms with Crippen LogP contribution in [0.1, 0.15) is 24.0 Å². The molecule has 1 saturated heterocycles. The maximum atomic E-state index is 12.9. The molecular formula is C22H26N2O5S. The van der Waals surface area contributed by atoms with Crippen molar-refractivity contribution in [2.24, 2.45) is 0 Å². The minimum atomic E-state index is -3.80. The van der Waals surface area contributed by atoms with Crippen molar-refractivity contribution in [1.82, 2.24) is 9.62 Å². The average molecular weight is 431 g/mol. The van der Waals surface area contributed by atoms with Crippen molar-refractivity contribution in [2.75, 3.05) is 19.7 Å². The van der Waals surface area contributed by atoms with Crippen LogP contribution in [0.3, 0.4) is 0 Å². The number of benzene rings is 2. The lowest BCUT2D eigenvalue weighted by molar-refractivity contribution is -0.151. The van der Waals surface area contributed by atoms with E-state index >= 15 is 0 Å². The maximum absolute atomic E-state index is 12.9. The van der Waals surface area contributed by atoms with Gasteiger partial charge in [-0.25, -0.2) is 8.42 Å². The van der Waals surface area contributed by atoms with Crippen LogP contribution in [-0.2, 0) is 30.8 Å². The molecule has 3 rings (SSSR count). The highest BCUT2D eigenvalue weighted by molar-refractivity contribution is 7.89. The van der Waals surface area contributed by atoms with Crippen molar-refractivity contribution in [1.29, 1.82) is 0 Å². The van der Waals surface area contributed by atoms with Crippen LogP contribution in [0.5, 0.6) is 0 Å². The quantitative estimate of drug-likeness (QED) is 0.647. The van der Waals surface area contributed by atoms with Crippen LogP contribution in [0.4, 0.5) is 0 Å². The van der Waals surface area contributed by atoms with Crippen LogP contribution < -0.4 is 5.32 Å². The highest BCUT2D eigenvalue weighted by Gasteiger charge is 2.40. The number of nitrogens with one attached hydrogen (secondary N) is 1. The van der Waals surface area contributed by atoms with Crippen molar-refractivity contribution < 1.29 is 22.7 Å². The summed E-state index contributed by atoms with van der Waals surface area (Å²) in [6.07, 6.45) is 1.61.